The highest BCUT2D eigenvalue weighted by Crippen LogP contribution is 2.10. The lowest BCUT2D eigenvalue weighted by Crippen LogP contribution is -2.12. The minimum absolute atomic E-state index is 0.168. The number of nitrogens with zero attached hydrogens (tertiary/aromatic N) is 2. The Bertz CT molecular complexity index is 265. The molecule has 1 unspecified atom stereocenters. The van der Waals surface area contributed by atoms with Gasteiger partial charge in [0.25, 0.3) is 0 Å². The summed E-state index contributed by atoms with van der Waals surface area (Å²) in [7, 11) is 0. The third kappa shape index (κ3) is 3.27. The number of nitrogens with two attached hydrogens (primary N) is 1. The van der Waals surface area contributed by atoms with Gasteiger partial charge in [-0.3, -0.25) is 4.98 Å². The van der Waals surface area contributed by atoms with Crippen LogP contribution in [0, 0.1) is 0 Å². The summed E-state index contributed by atoms with van der Waals surface area (Å²) in [6, 6.07) is 0. The largest absolute Gasteiger partial charge is 0.474 e. The fourth-order valence-electron chi connectivity index (χ4n) is 1.09. The number of hydrogen-bond acceptors (Lipinski definition) is 4. The summed E-state index contributed by atoms with van der Waals surface area (Å²) in [4.78, 5) is 7.87. The summed E-state index contributed by atoms with van der Waals surface area (Å²) in [5.41, 5.74) is 5.45. The fraction of sp³-hybridized carbons (Fsp3) is 0.556. The molecule has 4 heteroatoms. The molecule has 0 aromatic carbocycles. The molecule has 0 spiro atoms. The van der Waals surface area contributed by atoms with E-state index in [9.17, 15) is 0 Å². The molecule has 0 aliphatic carbocycles. The van der Waals surface area contributed by atoms with E-state index in [1.54, 1.807) is 6.20 Å². The van der Waals surface area contributed by atoms with E-state index >= 15 is 0 Å². The molecule has 72 valence electrons. The van der Waals surface area contributed by atoms with E-state index in [4.69, 9.17) is 10.5 Å². The van der Waals surface area contributed by atoms with Gasteiger partial charge in [-0.1, -0.05) is 13.3 Å². The average molecular weight is 181 g/mol. The summed E-state index contributed by atoms with van der Waals surface area (Å²) >= 11 is 0. The maximum atomic E-state index is 5.48. The monoisotopic (exact) mass is 181 g/mol. The number of hydrogen-bond donors (Lipinski definition) is 1. The molecule has 0 radical (unpaired) electrons. The second-order valence-corrected chi connectivity index (χ2v) is 3.00. The molecule has 2 N–H and O–H groups in total. The van der Waals surface area contributed by atoms with Crippen LogP contribution in [0.1, 0.15) is 26.7 Å². The van der Waals surface area contributed by atoms with Crippen LogP contribution < -0.4 is 10.5 Å². The first kappa shape index (κ1) is 9.77. The molecule has 4 nitrogen and oxygen atoms in total. The van der Waals surface area contributed by atoms with Gasteiger partial charge in [0, 0.05) is 0 Å². The van der Waals surface area contributed by atoms with E-state index in [0.717, 1.165) is 12.8 Å². The van der Waals surface area contributed by atoms with Gasteiger partial charge in [0.05, 0.1) is 18.5 Å². The normalized spacial score (nSPS) is 12.5. The Morgan fingerprint density at radius 3 is 2.92 bits per heavy atom. The van der Waals surface area contributed by atoms with Crippen molar-refractivity contribution in [3.63, 3.8) is 0 Å². The van der Waals surface area contributed by atoms with Gasteiger partial charge in [-0.2, -0.15) is 4.98 Å². The Balaban J connectivity index is 2.53. The highest BCUT2D eigenvalue weighted by molar-refractivity contribution is 5.26. The van der Waals surface area contributed by atoms with Crippen molar-refractivity contribution in [2.45, 2.75) is 32.8 Å². The van der Waals surface area contributed by atoms with Crippen LogP contribution in [0.5, 0.6) is 5.88 Å². The van der Waals surface area contributed by atoms with E-state index in [1.807, 2.05) is 6.92 Å². The number of aromatic nitrogens is 2. The van der Waals surface area contributed by atoms with Crippen molar-refractivity contribution in [1.82, 2.24) is 9.97 Å². The van der Waals surface area contributed by atoms with Gasteiger partial charge in [-0.25, -0.2) is 0 Å². The molecule has 1 aromatic rings. The molecule has 0 amide bonds. The fourth-order valence-corrected chi connectivity index (χ4v) is 1.09. The molecule has 1 atom stereocenters. The highest BCUT2D eigenvalue weighted by Gasteiger charge is 2.03. The van der Waals surface area contributed by atoms with Crippen LogP contribution in [0.2, 0.25) is 0 Å². The molecule has 0 fully saturated rings. The molecule has 1 rings (SSSR count). The van der Waals surface area contributed by atoms with Crippen molar-refractivity contribution in [2.75, 3.05) is 5.73 Å². The summed E-state index contributed by atoms with van der Waals surface area (Å²) in [6.07, 6.45) is 5.34. The number of rotatable bonds is 4. The van der Waals surface area contributed by atoms with Gasteiger partial charge >= 0.3 is 0 Å². The zero-order valence-corrected chi connectivity index (χ0v) is 8.03. The van der Waals surface area contributed by atoms with Gasteiger partial charge in [0.15, 0.2) is 0 Å². The van der Waals surface area contributed by atoms with Crippen LogP contribution in [0.4, 0.5) is 5.82 Å². The molecule has 1 heterocycles. The molecule has 0 aliphatic heterocycles. The zero-order chi connectivity index (χ0) is 9.68. The van der Waals surface area contributed by atoms with Crippen molar-refractivity contribution < 1.29 is 4.74 Å². The predicted molar refractivity (Wildman–Crippen MR) is 51.4 cm³/mol. The third-order valence-electron chi connectivity index (χ3n) is 1.65. The van der Waals surface area contributed by atoms with E-state index in [-0.39, 0.29) is 6.10 Å². The predicted octanol–water partition coefficient (Wildman–Crippen LogP) is 1.63. The van der Waals surface area contributed by atoms with Crippen molar-refractivity contribution in [1.29, 1.82) is 0 Å². The molecular weight excluding hydrogens is 166 g/mol. The van der Waals surface area contributed by atoms with E-state index < -0.39 is 0 Å². The molecular formula is C9H15N3O. The van der Waals surface area contributed by atoms with Gasteiger partial charge in [-0.05, 0) is 13.3 Å². The van der Waals surface area contributed by atoms with Crippen LogP contribution in [0.3, 0.4) is 0 Å². The average Bonchev–Trinajstić information content (AvgIpc) is 2.04. The van der Waals surface area contributed by atoms with E-state index in [1.165, 1.54) is 6.20 Å². The van der Waals surface area contributed by atoms with Crippen molar-refractivity contribution in [2.24, 2.45) is 0 Å². The standard InChI is InChI=1S/C9H15N3O/c1-3-4-7(2)13-9-6-11-5-8(10)12-9/h5-7H,3-4H2,1-2H3,(H2,10,12). The Morgan fingerprint density at radius 1 is 1.54 bits per heavy atom. The zero-order valence-electron chi connectivity index (χ0n) is 8.03. The van der Waals surface area contributed by atoms with Crippen LogP contribution in [-0.2, 0) is 0 Å². The lowest BCUT2D eigenvalue weighted by atomic mass is 10.2. The molecule has 1 aromatic heterocycles. The third-order valence-corrected chi connectivity index (χ3v) is 1.65. The minimum atomic E-state index is 0.168. The highest BCUT2D eigenvalue weighted by atomic mass is 16.5. The van der Waals surface area contributed by atoms with Crippen molar-refractivity contribution >= 4 is 5.82 Å². The van der Waals surface area contributed by atoms with E-state index in [0.29, 0.717) is 11.7 Å². The maximum absolute atomic E-state index is 5.48. The summed E-state index contributed by atoms with van der Waals surface area (Å²) in [5, 5.41) is 0. The smallest absolute Gasteiger partial charge is 0.234 e. The van der Waals surface area contributed by atoms with Crippen LogP contribution in [-0.4, -0.2) is 16.1 Å². The second-order valence-electron chi connectivity index (χ2n) is 3.00. The SMILES string of the molecule is CCCC(C)Oc1cncc(N)n1. The lowest BCUT2D eigenvalue weighted by molar-refractivity contribution is 0.201. The summed E-state index contributed by atoms with van der Waals surface area (Å²) in [6.45, 7) is 4.12. The number of anilines is 1. The second kappa shape index (κ2) is 4.64. The first-order chi connectivity index (χ1) is 6.22. The topological polar surface area (TPSA) is 61.0 Å². The van der Waals surface area contributed by atoms with Gasteiger partial charge < -0.3 is 10.5 Å². The Labute approximate surface area is 78.1 Å². The number of ether oxygens (including phenoxy) is 1. The molecule has 13 heavy (non-hydrogen) atoms. The lowest BCUT2D eigenvalue weighted by Gasteiger charge is -2.11. The van der Waals surface area contributed by atoms with Gasteiger partial charge in [-0.15, -0.1) is 0 Å². The van der Waals surface area contributed by atoms with E-state index in [2.05, 4.69) is 16.9 Å². The van der Waals surface area contributed by atoms with Crippen LogP contribution >= 0.6 is 0 Å². The van der Waals surface area contributed by atoms with Crippen molar-refractivity contribution in [3.05, 3.63) is 12.4 Å². The van der Waals surface area contributed by atoms with Crippen molar-refractivity contribution in [3.8, 4) is 5.88 Å². The summed E-state index contributed by atoms with van der Waals surface area (Å²) in [5.74, 6) is 0.891. The molecule has 0 aliphatic rings. The number of nitrogen functional groups attached to an aromatic ring is 1. The first-order valence-electron chi connectivity index (χ1n) is 4.46. The maximum Gasteiger partial charge on any atom is 0.234 e. The van der Waals surface area contributed by atoms with Gasteiger partial charge in [0.2, 0.25) is 5.88 Å². The molecule has 0 bridgehead atoms. The Hall–Kier alpha value is -1.32. The quantitative estimate of drug-likeness (QED) is 0.766. The Morgan fingerprint density at radius 2 is 2.31 bits per heavy atom. The Kier molecular flexibility index (Phi) is 3.49. The van der Waals surface area contributed by atoms with Crippen LogP contribution in [0.15, 0.2) is 12.4 Å². The molecule has 0 saturated heterocycles. The van der Waals surface area contributed by atoms with Gasteiger partial charge in [0.1, 0.15) is 5.82 Å². The molecule has 0 saturated carbocycles. The first-order valence-corrected chi connectivity index (χ1v) is 4.46. The summed E-state index contributed by atoms with van der Waals surface area (Å²) < 4.78 is 5.48. The minimum Gasteiger partial charge on any atom is -0.474 e. The van der Waals surface area contributed by atoms with Crippen LogP contribution in [0.25, 0.3) is 0 Å².